The molecule has 11 aromatic carbocycles. The highest BCUT2D eigenvalue weighted by atomic mass is 16.3. The summed E-state index contributed by atoms with van der Waals surface area (Å²) in [5.74, 6) is 0. The number of para-hydroxylation sites is 1. The third-order valence-corrected chi connectivity index (χ3v) is 14.0. The minimum Gasteiger partial charge on any atom is -0.456 e. The molecule has 1 aliphatic rings. The van der Waals surface area contributed by atoms with Crippen LogP contribution in [0.3, 0.4) is 0 Å². The molecule has 0 N–H and O–H groups in total. The fourth-order valence-corrected chi connectivity index (χ4v) is 11.0. The summed E-state index contributed by atoms with van der Waals surface area (Å²) in [5, 5.41) is 9.77. The summed E-state index contributed by atoms with van der Waals surface area (Å²) >= 11 is 0. The molecule has 0 aliphatic heterocycles. The Labute approximate surface area is 378 Å². The van der Waals surface area contributed by atoms with Crippen molar-refractivity contribution in [3.63, 3.8) is 0 Å². The van der Waals surface area contributed by atoms with Gasteiger partial charge in [-0.05, 0) is 143 Å². The van der Waals surface area contributed by atoms with E-state index in [0.29, 0.717) is 0 Å². The topological polar surface area (TPSA) is 16.4 Å². The zero-order valence-electron chi connectivity index (χ0n) is 36.2. The maximum Gasteiger partial charge on any atom is 0.136 e. The van der Waals surface area contributed by atoms with Gasteiger partial charge in [0.2, 0.25) is 0 Å². The highest BCUT2D eigenvalue weighted by Crippen LogP contribution is 2.51. The summed E-state index contributed by atoms with van der Waals surface area (Å²) < 4.78 is 6.41. The first-order valence-corrected chi connectivity index (χ1v) is 22.6. The van der Waals surface area contributed by atoms with E-state index in [0.717, 1.165) is 33.6 Å². The number of furan rings is 1. The van der Waals surface area contributed by atoms with Crippen molar-refractivity contribution in [2.75, 3.05) is 4.90 Å². The molecular formula is C63H43NO. The van der Waals surface area contributed by atoms with Crippen molar-refractivity contribution < 1.29 is 4.42 Å². The lowest BCUT2D eigenvalue weighted by Crippen LogP contribution is -2.16. The molecule has 65 heavy (non-hydrogen) atoms. The molecule has 0 bridgehead atoms. The SMILES string of the molecule is CC1(C)c2ccccc2-c2ccc(N(c3ccc(-c4cccc5c6ccc7oc8ccccc8c7c6c6ccccc6c45)cc3)c3cc(-c4ccccc4)cc(-c4ccccc4)c3)cc21. The molecule has 0 atom stereocenters. The van der Waals surface area contributed by atoms with Crippen LogP contribution >= 0.6 is 0 Å². The predicted octanol–water partition coefficient (Wildman–Crippen LogP) is 17.8. The second kappa shape index (κ2) is 14.4. The van der Waals surface area contributed by atoms with Crippen LogP contribution in [-0.4, -0.2) is 0 Å². The number of hydrogen-bond acceptors (Lipinski definition) is 2. The van der Waals surface area contributed by atoms with Gasteiger partial charge in [0.05, 0.1) is 0 Å². The van der Waals surface area contributed by atoms with E-state index in [4.69, 9.17) is 4.42 Å². The normalized spacial score (nSPS) is 12.9. The van der Waals surface area contributed by atoms with Crippen LogP contribution in [0.2, 0.25) is 0 Å². The van der Waals surface area contributed by atoms with Crippen LogP contribution in [0.25, 0.3) is 98.8 Å². The van der Waals surface area contributed by atoms with Gasteiger partial charge in [-0.3, -0.25) is 0 Å². The van der Waals surface area contributed by atoms with Crippen LogP contribution in [-0.2, 0) is 5.41 Å². The zero-order chi connectivity index (χ0) is 43.2. The van der Waals surface area contributed by atoms with Crippen molar-refractivity contribution in [1.82, 2.24) is 0 Å². The maximum atomic E-state index is 6.41. The molecule has 12 aromatic rings. The fraction of sp³-hybridized carbons (Fsp3) is 0.0476. The number of nitrogens with zero attached hydrogens (tertiary/aromatic N) is 1. The van der Waals surface area contributed by atoms with E-state index >= 15 is 0 Å². The van der Waals surface area contributed by atoms with Crippen molar-refractivity contribution >= 4 is 71.3 Å². The summed E-state index contributed by atoms with van der Waals surface area (Å²) in [5.41, 5.74) is 17.5. The Bertz CT molecular complexity index is 3750. The molecule has 2 heteroatoms. The van der Waals surface area contributed by atoms with Crippen molar-refractivity contribution in [3.05, 3.63) is 236 Å². The molecule has 0 unspecified atom stereocenters. The molecule has 0 saturated heterocycles. The maximum absolute atomic E-state index is 6.41. The van der Waals surface area contributed by atoms with Crippen LogP contribution in [0.1, 0.15) is 25.0 Å². The molecular weight excluding hydrogens is 787 g/mol. The van der Waals surface area contributed by atoms with E-state index in [9.17, 15) is 0 Å². The zero-order valence-corrected chi connectivity index (χ0v) is 36.2. The molecule has 1 aliphatic carbocycles. The van der Waals surface area contributed by atoms with Gasteiger partial charge >= 0.3 is 0 Å². The van der Waals surface area contributed by atoms with Crippen LogP contribution < -0.4 is 4.90 Å². The summed E-state index contributed by atoms with van der Waals surface area (Å²) in [6, 6.07) is 82.3. The van der Waals surface area contributed by atoms with E-state index in [1.807, 2.05) is 6.07 Å². The fourth-order valence-electron chi connectivity index (χ4n) is 11.0. The van der Waals surface area contributed by atoms with E-state index in [1.54, 1.807) is 0 Å². The Hall–Kier alpha value is -8.20. The lowest BCUT2D eigenvalue weighted by atomic mass is 9.82. The first-order chi connectivity index (χ1) is 32.0. The molecule has 13 rings (SSSR count). The summed E-state index contributed by atoms with van der Waals surface area (Å²) in [6.07, 6.45) is 0. The number of rotatable bonds is 6. The van der Waals surface area contributed by atoms with Gasteiger partial charge < -0.3 is 9.32 Å². The Balaban J connectivity index is 1.01. The van der Waals surface area contributed by atoms with Gasteiger partial charge in [0.15, 0.2) is 0 Å². The highest BCUT2D eigenvalue weighted by molar-refractivity contribution is 6.36. The molecule has 1 aromatic heterocycles. The van der Waals surface area contributed by atoms with E-state index in [2.05, 4.69) is 237 Å². The van der Waals surface area contributed by atoms with Crippen LogP contribution in [0, 0.1) is 0 Å². The highest BCUT2D eigenvalue weighted by Gasteiger charge is 2.36. The monoisotopic (exact) mass is 829 g/mol. The quantitative estimate of drug-likeness (QED) is 0.155. The molecule has 2 nitrogen and oxygen atoms in total. The second-order valence-electron chi connectivity index (χ2n) is 18.0. The standard InChI is InChI=1S/C63H43NO/c1-63(2)56-26-13-11-20-49(56)50-33-32-46(39-57(50)63)64(47-37-43(40-16-5-3-6-17-40)36-44(38-47)41-18-7-4-8-19-41)45-30-28-42(29-31-45)48-24-15-25-52-54-34-35-59-62(55-23-12-14-27-58(55)65-59)61(54)53-22-10-9-21-51(53)60(48)52/h3-39H,1-2H3. The van der Waals surface area contributed by atoms with Gasteiger partial charge in [0.25, 0.3) is 0 Å². The Morgan fingerprint density at radius 2 is 0.862 bits per heavy atom. The van der Waals surface area contributed by atoms with Gasteiger partial charge in [-0.25, -0.2) is 0 Å². The molecule has 0 spiro atoms. The van der Waals surface area contributed by atoms with Gasteiger partial charge in [0, 0.05) is 38.6 Å². The molecule has 0 saturated carbocycles. The Morgan fingerprint density at radius 3 is 1.58 bits per heavy atom. The van der Waals surface area contributed by atoms with Crippen LogP contribution in [0.4, 0.5) is 17.1 Å². The molecule has 0 radical (unpaired) electrons. The van der Waals surface area contributed by atoms with Gasteiger partial charge in [0.1, 0.15) is 11.2 Å². The van der Waals surface area contributed by atoms with Crippen molar-refractivity contribution in [2.45, 2.75) is 19.3 Å². The summed E-state index contributed by atoms with van der Waals surface area (Å²) in [4.78, 5) is 2.45. The third-order valence-electron chi connectivity index (χ3n) is 14.0. The van der Waals surface area contributed by atoms with Crippen molar-refractivity contribution in [1.29, 1.82) is 0 Å². The van der Waals surface area contributed by atoms with Crippen molar-refractivity contribution in [2.24, 2.45) is 0 Å². The number of fused-ring (bicyclic) bond motifs is 13. The summed E-state index contributed by atoms with van der Waals surface area (Å²) in [6.45, 7) is 4.72. The lowest BCUT2D eigenvalue weighted by molar-refractivity contribution is 0.660. The van der Waals surface area contributed by atoms with E-state index in [1.165, 1.54) is 93.3 Å². The van der Waals surface area contributed by atoms with Crippen molar-refractivity contribution in [3.8, 4) is 44.5 Å². The number of hydrogen-bond donors (Lipinski definition) is 0. The van der Waals surface area contributed by atoms with Gasteiger partial charge in [-0.15, -0.1) is 0 Å². The number of anilines is 3. The van der Waals surface area contributed by atoms with E-state index < -0.39 is 0 Å². The molecule has 0 fully saturated rings. The average molecular weight is 830 g/mol. The first kappa shape index (κ1) is 37.4. The van der Waals surface area contributed by atoms with Gasteiger partial charge in [-0.1, -0.05) is 178 Å². The van der Waals surface area contributed by atoms with E-state index in [-0.39, 0.29) is 5.41 Å². The predicted molar refractivity (Wildman–Crippen MR) is 275 cm³/mol. The molecule has 1 heterocycles. The van der Waals surface area contributed by atoms with Gasteiger partial charge in [-0.2, -0.15) is 0 Å². The Kier molecular flexibility index (Phi) is 8.29. The smallest absolute Gasteiger partial charge is 0.136 e. The van der Waals surface area contributed by atoms with Crippen LogP contribution in [0.15, 0.2) is 229 Å². The lowest BCUT2D eigenvalue weighted by Gasteiger charge is -2.29. The summed E-state index contributed by atoms with van der Waals surface area (Å²) in [7, 11) is 0. The van der Waals surface area contributed by atoms with Crippen LogP contribution in [0.5, 0.6) is 0 Å². The minimum atomic E-state index is -0.143. The Morgan fingerprint density at radius 1 is 0.308 bits per heavy atom. The third kappa shape index (κ3) is 5.81. The largest absolute Gasteiger partial charge is 0.456 e. The number of benzene rings is 11. The first-order valence-electron chi connectivity index (χ1n) is 22.6. The minimum absolute atomic E-state index is 0.143. The molecule has 0 amide bonds. The average Bonchev–Trinajstić information content (AvgIpc) is 3.86. The molecule has 306 valence electrons. The second-order valence-corrected chi connectivity index (χ2v) is 18.0.